The van der Waals surface area contributed by atoms with Gasteiger partial charge in [-0.15, -0.1) is 0 Å². The Labute approximate surface area is 478 Å². The predicted octanol–water partition coefficient (Wildman–Crippen LogP) is 12.5. The summed E-state index contributed by atoms with van der Waals surface area (Å²) in [6, 6.07) is 38.8. The lowest BCUT2D eigenvalue weighted by atomic mass is 9.97. The van der Waals surface area contributed by atoms with Crippen LogP contribution in [0.15, 0.2) is 121 Å². The largest absolute Gasteiger partial charge is 0.374 e. The molecule has 5 unspecified atom stereocenters. The molecule has 2 aliphatic rings. The second kappa shape index (κ2) is 32.7. The van der Waals surface area contributed by atoms with E-state index in [9.17, 15) is 4.79 Å². The van der Waals surface area contributed by atoms with Crippen LogP contribution in [0.2, 0.25) is 0 Å². The molecule has 6 rings (SSSR count). The van der Waals surface area contributed by atoms with Gasteiger partial charge in [-0.25, -0.2) is 0 Å². The summed E-state index contributed by atoms with van der Waals surface area (Å²) in [6.45, 7) is 8.55. The molecule has 2 heterocycles. The zero-order chi connectivity index (χ0) is 53.3. The number of hydrogen-bond donors (Lipinski definition) is 1. The van der Waals surface area contributed by atoms with Crippen molar-refractivity contribution < 1.29 is 71.2 Å². The molecule has 0 saturated carbocycles. The molecule has 0 bridgehead atoms. The van der Waals surface area contributed by atoms with E-state index in [4.69, 9.17) is 37.9 Å². The minimum atomic E-state index is -1.06. The highest BCUT2D eigenvalue weighted by Gasteiger charge is 2.51. The third-order valence-electron chi connectivity index (χ3n) is 11.2. The van der Waals surface area contributed by atoms with Gasteiger partial charge in [-0.1, -0.05) is 141 Å². The highest BCUT2D eigenvalue weighted by molar-refractivity contribution is 5.94. The van der Waals surface area contributed by atoms with Gasteiger partial charge >= 0.3 is 0 Å². The van der Waals surface area contributed by atoms with Crippen molar-refractivity contribution >= 4 is 5.91 Å². The van der Waals surface area contributed by atoms with E-state index in [0.29, 0.717) is 13.0 Å². The van der Waals surface area contributed by atoms with Crippen LogP contribution >= 0.6 is 0 Å². The van der Waals surface area contributed by atoms with E-state index in [1.165, 1.54) is 0 Å². The molecule has 0 spiro atoms. The molecule has 0 aromatic heterocycles. The molecule has 1 amide bonds. The van der Waals surface area contributed by atoms with Gasteiger partial charge in [-0.05, 0) is 144 Å². The van der Waals surface area contributed by atoms with Crippen molar-refractivity contribution in [2.75, 3.05) is 13.2 Å². The Bertz CT molecular complexity index is 3240. The van der Waals surface area contributed by atoms with Crippen molar-refractivity contribution in [3.05, 3.63) is 144 Å². The quantitative estimate of drug-likeness (QED) is 0.0867. The Morgan fingerprint density at radius 2 is 0.961 bits per heavy atom. The smallest absolute Gasteiger partial charge is 0.297 e. The topological polar surface area (TPSA) is 103 Å². The summed E-state index contributed by atoms with van der Waals surface area (Å²) in [5.74, 6) is 49.7. The minimum Gasteiger partial charge on any atom is -0.374 e. The van der Waals surface area contributed by atoms with Gasteiger partial charge in [0.05, 0.1) is 51.8 Å². The van der Waals surface area contributed by atoms with E-state index in [1.54, 1.807) is 6.92 Å². The molecular formula is C66H97NO9. The zero-order valence-electron chi connectivity index (χ0n) is 43.0. The van der Waals surface area contributed by atoms with E-state index in [0.717, 1.165) is 28.7 Å². The number of ether oxygens (including phenoxy) is 8. The molecule has 10 heteroatoms. The average Bonchev–Trinajstić information content (AvgIpc) is 1.59. The van der Waals surface area contributed by atoms with Gasteiger partial charge in [0, 0.05) is 46.3 Å². The van der Waals surface area contributed by atoms with E-state index in [2.05, 4.69) is 131 Å². The number of hydrogen-bond acceptors (Lipinski definition) is 9. The van der Waals surface area contributed by atoms with Crippen LogP contribution in [-0.2, 0) is 69.1 Å². The number of rotatable bonds is 20. The molecule has 0 radical (unpaired) electrons. The number of carbonyl (C=O) groups excluding carboxylic acids is 1. The van der Waals surface area contributed by atoms with E-state index < -0.39 is 54.5 Å². The Morgan fingerprint density at radius 1 is 0.539 bits per heavy atom. The van der Waals surface area contributed by atoms with E-state index >= 15 is 0 Å². The summed E-state index contributed by atoms with van der Waals surface area (Å²) in [4.78, 5) is 13.7. The van der Waals surface area contributed by atoms with Gasteiger partial charge in [0.2, 0.25) is 0 Å². The predicted molar refractivity (Wildman–Crippen MR) is 332 cm³/mol. The maximum Gasteiger partial charge on any atom is 0.297 e. The minimum absolute atomic E-state index is 0. The molecule has 420 valence electrons. The lowest BCUT2D eigenvalue weighted by molar-refractivity contribution is -0.329. The molecule has 2 fully saturated rings. The highest BCUT2D eigenvalue weighted by Crippen LogP contribution is 2.35. The van der Waals surface area contributed by atoms with Crippen LogP contribution in [0.25, 0.3) is 0 Å². The molecule has 1 N–H and O–H groups in total. The molecule has 0 aliphatic carbocycles. The fourth-order valence-electron chi connectivity index (χ4n) is 7.87. The summed E-state index contributed by atoms with van der Waals surface area (Å²) in [5, 5.41) is 3.03. The molecule has 8 atom stereocenters. The number of amides is 1. The SMILES string of the molecule is CC#CC#CC#CC#CC#CC#CC#CC#CC#CC#CC(=O)N[C@@H](COC1OC(COCc2ccccc2)C(OCc2ccccc2)C(OCc2ccccc2)C1OCc1ccccc1)[C@@H]1OC(C)(C)O[C@@H]1CCC.[HH].[HH].[HH].[HH].[HH].[HH].[HH].[HH].[HH].[HH].[HH].[HH].[HH].[HH].[HH].[HH].[HH].[HH].[HH].[HH]. The Hall–Kier alpha value is -8.37. The normalized spacial score (nSPS) is 19.6. The molecule has 4 aromatic carbocycles. The van der Waals surface area contributed by atoms with Crippen LogP contribution in [0.4, 0.5) is 0 Å². The standard InChI is InChI=1S/C66H57NO9.20H2/c1-5-7-8-9-10-11-12-13-14-15-16-17-18-19-20-21-22-23-36-46-60(68)67-57(61-58(37-6-2)75-66(3,4)76-61)51-73-65-64(72-50-56-44-34-27-35-45-56)63(71-49-55-42-32-26-33-43-55)62(70-48-54-40-30-25-31-41-54)59(74-65)52-69-47-53-38-28-24-29-39-53;;;;;;;;;;;;;;;;;;;;/h24-35,38-45,57-59,61-65H,6,37,47-52H2,1-4H3,(H,67,68);20*1H/t57-,58+,59?,61-,62?,63?,64?,65?;;;;;;;;;;;;;;;;;;;;/m0..................../s1. The maximum atomic E-state index is 13.7. The first kappa shape index (κ1) is 56.9. The fraction of sp³-hybridized carbons (Fsp3) is 0.318. The van der Waals surface area contributed by atoms with Crippen LogP contribution in [-0.4, -0.2) is 73.9 Å². The van der Waals surface area contributed by atoms with Crippen molar-refractivity contribution in [3.8, 4) is 118 Å². The molecular weight excluding hydrogens is 951 g/mol. The van der Waals surface area contributed by atoms with Crippen molar-refractivity contribution in [3.63, 3.8) is 0 Å². The van der Waals surface area contributed by atoms with Crippen LogP contribution in [0.1, 0.15) is 91.3 Å². The summed E-state index contributed by atoms with van der Waals surface area (Å²) < 4.78 is 53.7. The number of carbonyl (C=O) groups is 1. The maximum absolute atomic E-state index is 13.7. The van der Waals surface area contributed by atoms with Crippen molar-refractivity contribution in [2.24, 2.45) is 0 Å². The summed E-state index contributed by atoms with van der Waals surface area (Å²) >= 11 is 0. The third kappa shape index (κ3) is 20.5. The highest BCUT2D eigenvalue weighted by atomic mass is 16.8. The molecule has 76 heavy (non-hydrogen) atoms. The van der Waals surface area contributed by atoms with Crippen molar-refractivity contribution in [1.29, 1.82) is 0 Å². The van der Waals surface area contributed by atoms with Gasteiger partial charge in [-0.2, -0.15) is 0 Å². The van der Waals surface area contributed by atoms with Gasteiger partial charge < -0.3 is 43.2 Å². The van der Waals surface area contributed by atoms with Gasteiger partial charge in [0.1, 0.15) is 30.5 Å². The summed E-state index contributed by atoms with van der Waals surface area (Å²) in [7, 11) is 0. The number of benzene rings is 4. The van der Waals surface area contributed by atoms with Gasteiger partial charge in [0.15, 0.2) is 12.1 Å². The molecule has 4 aromatic rings. The van der Waals surface area contributed by atoms with Crippen molar-refractivity contribution in [2.45, 2.75) is 122 Å². The first-order chi connectivity index (χ1) is 37.3. The third-order valence-corrected chi connectivity index (χ3v) is 11.2. The molecule has 10 nitrogen and oxygen atoms in total. The van der Waals surface area contributed by atoms with Crippen LogP contribution in [0.3, 0.4) is 0 Å². The Morgan fingerprint density at radius 3 is 1.42 bits per heavy atom. The number of nitrogens with one attached hydrogen (secondary N) is 1. The van der Waals surface area contributed by atoms with Gasteiger partial charge in [-0.3, -0.25) is 4.79 Å². The van der Waals surface area contributed by atoms with Gasteiger partial charge in [0.25, 0.3) is 5.91 Å². The monoisotopic (exact) mass is 1050 g/mol. The average molecular weight is 1050 g/mol. The zero-order valence-corrected chi connectivity index (χ0v) is 43.0. The van der Waals surface area contributed by atoms with Crippen LogP contribution < -0.4 is 5.32 Å². The first-order valence-corrected chi connectivity index (χ1v) is 24.8. The molecule has 2 aliphatic heterocycles. The second-order valence-electron chi connectivity index (χ2n) is 17.3. The Kier molecular flexibility index (Phi) is 24.5. The van der Waals surface area contributed by atoms with E-state index in [1.807, 2.05) is 135 Å². The Balaban J connectivity index is -0.000000252. The lowest BCUT2D eigenvalue weighted by Gasteiger charge is -2.46. The summed E-state index contributed by atoms with van der Waals surface area (Å²) in [5.41, 5.74) is 3.88. The fourth-order valence-corrected chi connectivity index (χ4v) is 7.87. The second-order valence-corrected chi connectivity index (χ2v) is 17.3. The van der Waals surface area contributed by atoms with Crippen molar-refractivity contribution in [1.82, 2.24) is 5.32 Å². The van der Waals surface area contributed by atoms with Crippen LogP contribution in [0.5, 0.6) is 0 Å². The molecule has 2 saturated heterocycles. The van der Waals surface area contributed by atoms with E-state index in [-0.39, 0.29) is 67.7 Å². The van der Waals surface area contributed by atoms with Crippen LogP contribution in [0, 0.1) is 118 Å². The lowest BCUT2D eigenvalue weighted by Crippen LogP contribution is -2.62. The first-order valence-electron chi connectivity index (χ1n) is 24.8. The summed E-state index contributed by atoms with van der Waals surface area (Å²) in [6.07, 6.45) is -3.57.